The normalized spacial score (nSPS) is 27.5. The molecule has 1 aromatic rings. The number of amides is 2. The Morgan fingerprint density at radius 2 is 1.68 bits per heavy atom. The number of hydrogen-bond acceptors (Lipinski definition) is 4. The van der Waals surface area contributed by atoms with Crippen LogP contribution in [0.5, 0.6) is 0 Å². The monoisotopic (exact) mass is 428 g/mol. The summed E-state index contributed by atoms with van der Waals surface area (Å²) in [6, 6.07) is 9.93. The van der Waals surface area contributed by atoms with Crippen molar-refractivity contribution in [3.05, 3.63) is 35.9 Å². The lowest BCUT2D eigenvalue weighted by atomic mass is 9.79. The highest BCUT2D eigenvalue weighted by atomic mass is 16.6. The minimum atomic E-state index is -0.926. The maximum absolute atomic E-state index is 13.5. The van der Waals surface area contributed by atoms with E-state index in [-0.39, 0.29) is 17.9 Å². The molecular formula is C25H36N2O4. The fraction of sp³-hybridized carbons (Fsp3) is 0.680. The predicted molar refractivity (Wildman–Crippen MR) is 118 cm³/mol. The van der Waals surface area contributed by atoms with Gasteiger partial charge < -0.3 is 19.7 Å². The summed E-state index contributed by atoms with van der Waals surface area (Å²) in [7, 11) is 1.66. The summed E-state index contributed by atoms with van der Waals surface area (Å²) in [6.45, 7) is 7.74. The molecule has 4 rings (SSSR count). The Hall–Kier alpha value is -2.08. The van der Waals surface area contributed by atoms with Gasteiger partial charge in [0, 0.05) is 32.7 Å². The zero-order valence-corrected chi connectivity index (χ0v) is 19.2. The summed E-state index contributed by atoms with van der Waals surface area (Å²) < 4.78 is 11.5. The van der Waals surface area contributed by atoms with E-state index < -0.39 is 11.2 Å². The second-order valence-corrected chi connectivity index (χ2v) is 10.4. The SMILES string of the molecule is COC(C(=O)NCC1C2CN(C(=O)OC(C)(C)C)CC12)(c1ccccc1)C1CCCC1. The van der Waals surface area contributed by atoms with Crippen LogP contribution in [-0.4, -0.2) is 49.2 Å². The van der Waals surface area contributed by atoms with E-state index in [4.69, 9.17) is 9.47 Å². The third kappa shape index (κ3) is 4.32. The number of fused-ring (bicyclic) bond motifs is 1. The Morgan fingerprint density at radius 1 is 1.06 bits per heavy atom. The Bertz CT molecular complexity index is 787. The first-order valence-electron chi connectivity index (χ1n) is 11.6. The van der Waals surface area contributed by atoms with E-state index in [1.54, 1.807) is 12.0 Å². The molecule has 1 aromatic carbocycles. The van der Waals surface area contributed by atoms with Crippen molar-refractivity contribution in [2.45, 2.75) is 57.7 Å². The minimum absolute atomic E-state index is 0.0259. The van der Waals surface area contributed by atoms with Gasteiger partial charge in [0.25, 0.3) is 5.91 Å². The van der Waals surface area contributed by atoms with Crippen LogP contribution in [0.3, 0.4) is 0 Å². The van der Waals surface area contributed by atoms with Crippen LogP contribution in [0.4, 0.5) is 4.79 Å². The maximum atomic E-state index is 13.5. The van der Waals surface area contributed by atoms with Crippen LogP contribution in [0.15, 0.2) is 30.3 Å². The van der Waals surface area contributed by atoms with Crippen molar-refractivity contribution in [3.8, 4) is 0 Å². The topological polar surface area (TPSA) is 67.9 Å². The average Bonchev–Trinajstić information content (AvgIpc) is 3.14. The molecule has 1 N–H and O–H groups in total. The number of carbonyl (C=O) groups excluding carboxylic acids is 2. The summed E-state index contributed by atoms with van der Waals surface area (Å²) in [4.78, 5) is 27.6. The van der Waals surface area contributed by atoms with Gasteiger partial charge in [0.05, 0.1) is 0 Å². The van der Waals surface area contributed by atoms with Crippen molar-refractivity contribution >= 4 is 12.0 Å². The molecule has 1 heterocycles. The Morgan fingerprint density at radius 3 is 2.23 bits per heavy atom. The molecule has 6 nitrogen and oxygen atoms in total. The van der Waals surface area contributed by atoms with Crippen LogP contribution in [-0.2, 0) is 19.9 Å². The Kier molecular flexibility index (Phi) is 6.03. The van der Waals surface area contributed by atoms with E-state index in [1.165, 1.54) is 0 Å². The molecule has 0 radical (unpaired) electrons. The third-order valence-corrected chi connectivity index (χ3v) is 7.31. The molecule has 3 unspecified atom stereocenters. The van der Waals surface area contributed by atoms with Crippen LogP contribution >= 0.6 is 0 Å². The van der Waals surface area contributed by atoms with Crippen molar-refractivity contribution in [1.29, 1.82) is 0 Å². The van der Waals surface area contributed by atoms with Crippen molar-refractivity contribution in [3.63, 3.8) is 0 Å². The molecule has 3 atom stereocenters. The molecule has 0 spiro atoms. The molecular weight excluding hydrogens is 392 g/mol. The van der Waals surface area contributed by atoms with Gasteiger partial charge in [0.1, 0.15) is 5.60 Å². The number of ether oxygens (including phenoxy) is 2. The van der Waals surface area contributed by atoms with E-state index in [0.29, 0.717) is 24.3 Å². The Labute approximate surface area is 185 Å². The molecule has 6 heteroatoms. The molecule has 1 saturated heterocycles. The average molecular weight is 429 g/mol. The Balaban J connectivity index is 1.37. The lowest BCUT2D eigenvalue weighted by Gasteiger charge is -2.37. The fourth-order valence-electron chi connectivity index (χ4n) is 5.72. The van der Waals surface area contributed by atoms with Crippen molar-refractivity contribution < 1.29 is 19.1 Å². The zero-order valence-electron chi connectivity index (χ0n) is 19.2. The minimum Gasteiger partial charge on any atom is -0.444 e. The molecule has 0 aromatic heterocycles. The smallest absolute Gasteiger partial charge is 0.410 e. The van der Waals surface area contributed by atoms with Crippen LogP contribution in [0.25, 0.3) is 0 Å². The number of likely N-dealkylation sites (tertiary alicyclic amines) is 1. The van der Waals surface area contributed by atoms with Gasteiger partial charge >= 0.3 is 6.09 Å². The van der Waals surface area contributed by atoms with Crippen LogP contribution < -0.4 is 5.32 Å². The summed E-state index contributed by atoms with van der Waals surface area (Å²) >= 11 is 0. The van der Waals surface area contributed by atoms with E-state index in [2.05, 4.69) is 5.32 Å². The van der Waals surface area contributed by atoms with Crippen molar-refractivity contribution in [2.75, 3.05) is 26.7 Å². The number of piperidine rings is 1. The lowest BCUT2D eigenvalue weighted by Crippen LogP contribution is -2.51. The highest BCUT2D eigenvalue weighted by Gasteiger charge is 2.57. The van der Waals surface area contributed by atoms with Gasteiger partial charge in [0.2, 0.25) is 0 Å². The molecule has 1 aliphatic heterocycles. The summed E-state index contributed by atoms with van der Waals surface area (Å²) in [6.07, 6.45) is 4.07. The van der Waals surface area contributed by atoms with Crippen molar-refractivity contribution in [1.82, 2.24) is 10.2 Å². The molecule has 3 aliphatic rings. The van der Waals surface area contributed by atoms with Gasteiger partial charge in [0.15, 0.2) is 5.60 Å². The lowest BCUT2D eigenvalue weighted by molar-refractivity contribution is -0.153. The number of nitrogens with zero attached hydrogens (tertiary/aromatic N) is 1. The second kappa shape index (κ2) is 8.45. The van der Waals surface area contributed by atoms with Gasteiger partial charge in [-0.15, -0.1) is 0 Å². The van der Waals surface area contributed by atoms with Gasteiger partial charge in [-0.1, -0.05) is 43.2 Å². The van der Waals surface area contributed by atoms with Gasteiger partial charge in [-0.2, -0.15) is 0 Å². The molecule has 2 aliphatic carbocycles. The number of nitrogens with one attached hydrogen (secondary N) is 1. The van der Waals surface area contributed by atoms with Crippen LogP contribution in [0, 0.1) is 23.7 Å². The number of carbonyl (C=O) groups is 2. The standard InChI is InChI=1S/C25H36N2O4/c1-24(2,3)31-23(29)27-15-20-19(21(20)16-27)14-26-22(28)25(30-4,18-12-8-9-13-18)17-10-6-5-7-11-17/h5-7,10-11,18-21H,8-9,12-16H2,1-4H3,(H,26,28). The first kappa shape index (κ1) is 22.1. The molecule has 3 fully saturated rings. The molecule has 170 valence electrons. The van der Waals surface area contributed by atoms with Crippen LogP contribution in [0.2, 0.25) is 0 Å². The maximum Gasteiger partial charge on any atom is 0.410 e. The first-order valence-corrected chi connectivity index (χ1v) is 11.6. The number of methoxy groups -OCH3 is 1. The summed E-state index contributed by atoms with van der Waals surface area (Å²) in [5, 5.41) is 3.22. The number of benzene rings is 1. The second-order valence-electron chi connectivity index (χ2n) is 10.4. The van der Waals surface area contributed by atoms with Gasteiger partial charge in [-0.3, -0.25) is 4.79 Å². The van der Waals surface area contributed by atoms with Crippen LogP contribution in [0.1, 0.15) is 52.0 Å². The van der Waals surface area contributed by atoms with Crippen molar-refractivity contribution in [2.24, 2.45) is 23.7 Å². The predicted octanol–water partition coefficient (Wildman–Crippen LogP) is 3.95. The van der Waals surface area contributed by atoms with E-state index in [0.717, 1.165) is 44.3 Å². The summed E-state index contributed by atoms with van der Waals surface area (Å²) in [5.74, 6) is 1.50. The fourth-order valence-corrected chi connectivity index (χ4v) is 5.72. The third-order valence-electron chi connectivity index (χ3n) is 7.31. The van der Waals surface area contributed by atoms with Gasteiger partial charge in [-0.05, 0) is 56.9 Å². The molecule has 0 bridgehead atoms. The van der Waals surface area contributed by atoms with E-state index >= 15 is 0 Å². The highest BCUT2D eigenvalue weighted by molar-refractivity contribution is 5.87. The summed E-state index contributed by atoms with van der Waals surface area (Å²) in [5.41, 5.74) is -0.461. The largest absolute Gasteiger partial charge is 0.444 e. The molecule has 31 heavy (non-hydrogen) atoms. The first-order chi connectivity index (χ1) is 14.8. The number of hydrogen-bond donors (Lipinski definition) is 1. The molecule has 2 amide bonds. The highest BCUT2D eigenvalue weighted by Crippen LogP contribution is 2.51. The number of rotatable bonds is 6. The van der Waals surface area contributed by atoms with E-state index in [9.17, 15) is 9.59 Å². The zero-order chi connectivity index (χ0) is 22.2. The quantitative estimate of drug-likeness (QED) is 0.745. The molecule has 2 saturated carbocycles. The van der Waals surface area contributed by atoms with E-state index in [1.807, 2.05) is 51.1 Å². The van der Waals surface area contributed by atoms with Gasteiger partial charge in [-0.25, -0.2) is 4.79 Å².